The van der Waals surface area contributed by atoms with Crippen molar-refractivity contribution in [1.29, 1.82) is 0 Å². The van der Waals surface area contributed by atoms with E-state index in [1.54, 1.807) is 18.3 Å². The summed E-state index contributed by atoms with van der Waals surface area (Å²) in [5.41, 5.74) is 0.640. The van der Waals surface area contributed by atoms with Gasteiger partial charge in [0.1, 0.15) is 17.1 Å². The molecule has 0 bridgehead atoms. The van der Waals surface area contributed by atoms with Crippen LogP contribution in [0.5, 0.6) is 0 Å². The predicted octanol–water partition coefficient (Wildman–Crippen LogP) is 4.90. The monoisotopic (exact) mass is 514 g/mol. The lowest BCUT2D eigenvalue weighted by molar-refractivity contribution is -0.122. The standard InChI is InChI=1S/C27H39FN6O3/c1-5-6-15-29-25-30-17-22(33-34-25)24(19-9-11-20(28)12-10-19)32-23(35)16-18-7-13-21(14-8-18)31-26(36)37-27(2,3)4/h9-12,17-18,21,24H,5-8,13-16H2,1-4H3,(H,31,36)(H,32,35)(H,29,30,34). The summed E-state index contributed by atoms with van der Waals surface area (Å²) in [6, 6.07) is 5.42. The topological polar surface area (TPSA) is 118 Å². The van der Waals surface area contributed by atoms with E-state index in [0.29, 0.717) is 23.6 Å². The molecule has 1 aliphatic carbocycles. The van der Waals surface area contributed by atoms with E-state index in [9.17, 15) is 14.0 Å². The molecule has 3 rings (SSSR count). The minimum Gasteiger partial charge on any atom is -0.444 e. The highest BCUT2D eigenvalue weighted by molar-refractivity contribution is 5.77. The summed E-state index contributed by atoms with van der Waals surface area (Å²) in [4.78, 5) is 29.4. The second-order valence-electron chi connectivity index (χ2n) is 10.6. The van der Waals surface area contributed by atoms with Gasteiger partial charge < -0.3 is 20.7 Å². The van der Waals surface area contributed by atoms with Crippen LogP contribution in [-0.2, 0) is 9.53 Å². The van der Waals surface area contributed by atoms with Gasteiger partial charge >= 0.3 is 6.09 Å². The Labute approximate surface area is 218 Å². The van der Waals surface area contributed by atoms with Gasteiger partial charge in [0.15, 0.2) is 0 Å². The number of benzene rings is 1. The summed E-state index contributed by atoms with van der Waals surface area (Å²) in [7, 11) is 0. The molecule has 1 fully saturated rings. The Morgan fingerprint density at radius 3 is 2.41 bits per heavy atom. The molecule has 1 unspecified atom stereocenters. The molecular formula is C27H39FN6O3. The number of halogens is 1. The normalized spacial score (nSPS) is 18.5. The van der Waals surface area contributed by atoms with E-state index in [1.165, 1.54) is 12.1 Å². The molecule has 37 heavy (non-hydrogen) atoms. The minimum atomic E-state index is -0.594. The fourth-order valence-electron chi connectivity index (χ4n) is 4.32. The zero-order valence-electron chi connectivity index (χ0n) is 22.2. The predicted molar refractivity (Wildman–Crippen MR) is 139 cm³/mol. The number of unbranched alkanes of at least 4 members (excludes halogenated alkanes) is 1. The molecule has 0 saturated heterocycles. The number of carbonyl (C=O) groups is 2. The summed E-state index contributed by atoms with van der Waals surface area (Å²) in [6.07, 6.45) is 6.83. The van der Waals surface area contributed by atoms with Crippen LogP contribution in [0.25, 0.3) is 0 Å². The molecule has 1 heterocycles. The van der Waals surface area contributed by atoms with E-state index < -0.39 is 17.7 Å². The van der Waals surface area contributed by atoms with Gasteiger partial charge in [0, 0.05) is 19.0 Å². The zero-order chi connectivity index (χ0) is 26.8. The third-order valence-corrected chi connectivity index (χ3v) is 6.24. The van der Waals surface area contributed by atoms with Crippen LogP contribution in [0.1, 0.15) is 89.9 Å². The highest BCUT2D eigenvalue weighted by atomic mass is 19.1. The van der Waals surface area contributed by atoms with Gasteiger partial charge in [0.05, 0.1) is 12.2 Å². The lowest BCUT2D eigenvalue weighted by atomic mass is 9.84. The summed E-state index contributed by atoms with van der Waals surface area (Å²) >= 11 is 0. The van der Waals surface area contributed by atoms with Crippen molar-refractivity contribution in [3.8, 4) is 0 Å². The van der Waals surface area contributed by atoms with Gasteiger partial charge in [0.25, 0.3) is 0 Å². The molecule has 2 aromatic rings. The quantitative estimate of drug-likeness (QED) is 0.386. The van der Waals surface area contributed by atoms with E-state index >= 15 is 0 Å². The lowest BCUT2D eigenvalue weighted by Gasteiger charge is -2.30. The third-order valence-electron chi connectivity index (χ3n) is 6.24. The van der Waals surface area contributed by atoms with Gasteiger partial charge in [-0.2, -0.15) is 0 Å². The maximum Gasteiger partial charge on any atom is 0.407 e. The molecule has 1 aliphatic rings. The van der Waals surface area contributed by atoms with Crippen LogP contribution >= 0.6 is 0 Å². The molecule has 0 aliphatic heterocycles. The summed E-state index contributed by atoms with van der Waals surface area (Å²) in [6.45, 7) is 8.36. The summed E-state index contributed by atoms with van der Waals surface area (Å²) in [5, 5.41) is 17.5. The molecule has 2 amide bonds. The Morgan fingerprint density at radius 1 is 1.11 bits per heavy atom. The number of ether oxygens (including phenoxy) is 1. The number of amides is 2. The molecule has 0 radical (unpaired) electrons. The molecule has 3 N–H and O–H groups in total. The minimum absolute atomic E-state index is 0.0481. The van der Waals surface area contributed by atoms with Gasteiger partial charge in [-0.05, 0) is 76.5 Å². The average Bonchev–Trinajstić information content (AvgIpc) is 2.84. The number of hydrogen-bond acceptors (Lipinski definition) is 7. The Hall–Kier alpha value is -3.30. The maximum absolute atomic E-state index is 13.5. The van der Waals surface area contributed by atoms with Crippen LogP contribution in [0.2, 0.25) is 0 Å². The Balaban J connectivity index is 1.58. The first-order valence-electron chi connectivity index (χ1n) is 13.1. The highest BCUT2D eigenvalue weighted by Gasteiger charge is 2.27. The molecule has 0 spiro atoms. The second-order valence-corrected chi connectivity index (χ2v) is 10.6. The summed E-state index contributed by atoms with van der Waals surface area (Å²) < 4.78 is 18.9. The van der Waals surface area contributed by atoms with E-state index in [4.69, 9.17) is 4.74 Å². The number of nitrogens with zero attached hydrogens (tertiary/aromatic N) is 3. The lowest BCUT2D eigenvalue weighted by Crippen LogP contribution is -2.41. The zero-order valence-corrected chi connectivity index (χ0v) is 22.2. The van der Waals surface area contributed by atoms with Crippen molar-refractivity contribution in [2.45, 2.75) is 90.3 Å². The molecule has 1 atom stereocenters. The number of hydrogen-bond donors (Lipinski definition) is 3. The molecular weight excluding hydrogens is 475 g/mol. The number of anilines is 1. The fraction of sp³-hybridized carbons (Fsp3) is 0.593. The molecule has 1 aromatic carbocycles. The van der Waals surface area contributed by atoms with Crippen molar-refractivity contribution >= 4 is 17.9 Å². The van der Waals surface area contributed by atoms with E-state index in [1.807, 2.05) is 20.8 Å². The largest absolute Gasteiger partial charge is 0.444 e. The second kappa shape index (κ2) is 13.3. The Kier molecular flexibility index (Phi) is 10.2. The van der Waals surface area contributed by atoms with E-state index in [2.05, 4.69) is 38.1 Å². The van der Waals surface area contributed by atoms with Crippen LogP contribution in [0.4, 0.5) is 15.1 Å². The van der Waals surface area contributed by atoms with Crippen LogP contribution in [0.15, 0.2) is 30.5 Å². The first kappa shape index (κ1) is 28.3. The number of rotatable bonds is 10. The van der Waals surface area contributed by atoms with E-state index in [0.717, 1.165) is 45.1 Å². The summed E-state index contributed by atoms with van der Waals surface area (Å²) in [5.74, 6) is 0.160. The average molecular weight is 515 g/mol. The third kappa shape index (κ3) is 9.59. The Bertz CT molecular complexity index is 1000. The number of carbonyl (C=O) groups excluding carboxylic acids is 2. The van der Waals surface area contributed by atoms with Gasteiger partial charge in [-0.25, -0.2) is 14.2 Å². The maximum atomic E-state index is 13.5. The van der Waals surface area contributed by atoms with Crippen molar-refractivity contribution in [2.24, 2.45) is 5.92 Å². The van der Waals surface area contributed by atoms with E-state index in [-0.39, 0.29) is 23.7 Å². The number of aromatic nitrogens is 3. The van der Waals surface area contributed by atoms with Crippen molar-refractivity contribution < 1.29 is 18.7 Å². The fourth-order valence-corrected chi connectivity index (χ4v) is 4.32. The van der Waals surface area contributed by atoms with Gasteiger partial charge in [-0.3, -0.25) is 4.79 Å². The molecule has 1 saturated carbocycles. The first-order chi connectivity index (χ1) is 17.6. The smallest absolute Gasteiger partial charge is 0.407 e. The van der Waals surface area contributed by atoms with Gasteiger partial charge in [-0.15, -0.1) is 10.2 Å². The van der Waals surface area contributed by atoms with Crippen LogP contribution < -0.4 is 16.0 Å². The Morgan fingerprint density at radius 2 is 1.81 bits per heavy atom. The van der Waals surface area contributed by atoms with Crippen molar-refractivity contribution in [1.82, 2.24) is 25.8 Å². The van der Waals surface area contributed by atoms with Crippen LogP contribution in [-0.4, -0.2) is 45.4 Å². The van der Waals surface area contributed by atoms with Crippen molar-refractivity contribution in [3.63, 3.8) is 0 Å². The van der Waals surface area contributed by atoms with Crippen LogP contribution in [0, 0.1) is 11.7 Å². The number of alkyl carbamates (subject to hydrolysis) is 1. The highest BCUT2D eigenvalue weighted by Crippen LogP contribution is 2.28. The molecule has 202 valence electrons. The number of nitrogens with one attached hydrogen (secondary N) is 3. The molecule has 1 aromatic heterocycles. The first-order valence-corrected chi connectivity index (χ1v) is 13.1. The van der Waals surface area contributed by atoms with Crippen molar-refractivity contribution in [2.75, 3.05) is 11.9 Å². The van der Waals surface area contributed by atoms with Crippen molar-refractivity contribution in [3.05, 3.63) is 47.5 Å². The van der Waals surface area contributed by atoms with Gasteiger partial charge in [-0.1, -0.05) is 25.5 Å². The molecule has 9 nitrogen and oxygen atoms in total. The SMILES string of the molecule is CCCCNc1ncc(C(NC(=O)CC2CCC(NC(=O)OC(C)(C)C)CC2)c2ccc(F)cc2)nn1. The van der Waals surface area contributed by atoms with Crippen LogP contribution in [0.3, 0.4) is 0 Å². The van der Waals surface area contributed by atoms with Gasteiger partial charge in [0.2, 0.25) is 11.9 Å². The molecule has 10 heteroatoms.